The Bertz CT molecular complexity index is 776. The van der Waals surface area contributed by atoms with E-state index < -0.39 is 12.1 Å². The summed E-state index contributed by atoms with van der Waals surface area (Å²) in [5, 5.41) is 0. The van der Waals surface area contributed by atoms with Gasteiger partial charge in [-0.3, -0.25) is 4.79 Å². The summed E-state index contributed by atoms with van der Waals surface area (Å²) in [5.74, 6) is -0.744. The summed E-state index contributed by atoms with van der Waals surface area (Å²) in [6.45, 7) is 5.52. The summed E-state index contributed by atoms with van der Waals surface area (Å²) < 4.78 is 6.17. The van der Waals surface area contributed by atoms with Crippen molar-refractivity contribution in [3.8, 4) is 0 Å². The zero-order valence-electron chi connectivity index (χ0n) is 13.9. The van der Waals surface area contributed by atoms with E-state index in [0.29, 0.717) is 5.56 Å². The summed E-state index contributed by atoms with van der Waals surface area (Å²) in [7, 11) is 0. The molecule has 0 saturated carbocycles. The number of carbonyl (C=O) groups excluding carboxylic acids is 2. The van der Waals surface area contributed by atoms with Gasteiger partial charge in [-0.25, -0.2) is 4.79 Å². The zero-order valence-corrected chi connectivity index (χ0v) is 15.5. The van der Waals surface area contributed by atoms with Crippen LogP contribution in [0, 0.1) is 13.8 Å². The van der Waals surface area contributed by atoms with Crippen LogP contribution in [0.1, 0.15) is 34.0 Å². The predicted molar refractivity (Wildman–Crippen MR) is 99.0 cm³/mol. The highest BCUT2D eigenvalue weighted by atomic mass is 79.9. The fourth-order valence-electron chi connectivity index (χ4n) is 2.13. The summed E-state index contributed by atoms with van der Waals surface area (Å²) in [6.07, 6.45) is 2.16. The van der Waals surface area contributed by atoms with Gasteiger partial charge in [-0.2, -0.15) is 0 Å². The normalized spacial score (nSPS) is 12.2. The highest BCUT2D eigenvalue weighted by Crippen LogP contribution is 2.14. The lowest BCUT2D eigenvalue weighted by molar-refractivity contribution is -0.140. The van der Waals surface area contributed by atoms with Gasteiger partial charge in [0.15, 0.2) is 6.10 Å². The molecule has 1 atom stereocenters. The van der Waals surface area contributed by atoms with E-state index in [4.69, 9.17) is 4.74 Å². The summed E-state index contributed by atoms with van der Waals surface area (Å²) in [5.41, 5.74) is 3.58. The van der Waals surface area contributed by atoms with Crippen molar-refractivity contribution in [3.63, 3.8) is 0 Å². The summed E-state index contributed by atoms with van der Waals surface area (Å²) >= 11 is 3.35. The van der Waals surface area contributed by atoms with Crippen LogP contribution in [-0.4, -0.2) is 17.9 Å². The number of Topliss-reactive ketones (excluding diaryl/α,β-unsaturated/α-hetero) is 1. The third-order valence-electron chi connectivity index (χ3n) is 3.74. The molecule has 124 valence electrons. The molecule has 0 N–H and O–H groups in total. The van der Waals surface area contributed by atoms with Gasteiger partial charge >= 0.3 is 5.97 Å². The van der Waals surface area contributed by atoms with Crippen LogP contribution < -0.4 is 0 Å². The Morgan fingerprint density at radius 3 is 2.33 bits per heavy atom. The van der Waals surface area contributed by atoms with Crippen LogP contribution in [0.25, 0.3) is 6.08 Å². The minimum absolute atomic E-state index is 0.205. The van der Waals surface area contributed by atoms with Crippen molar-refractivity contribution in [3.05, 3.63) is 75.3 Å². The smallest absolute Gasteiger partial charge is 0.331 e. The van der Waals surface area contributed by atoms with Gasteiger partial charge in [0, 0.05) is 16.1 Å². The minimum atomic E-state index is -0.825. The maximum Gasteiger partial charge on any atom is 0.331 e. The molecule has 0 unspecified atom stereocenters. The topological polar surface area (TPSA) is 43.4 Å². The maximum absolute atomic E-state index is 12.3. The predicted octanol–water partition coefficient (Wildman–Crippen LogP) is 4.89. The first-order valence-electron chi connectivity index (χ1n) is 7.62. The number of aryl methyl sites for hydroxylation is 2. The van der Waals surface area contributed by atoms with Gasteiger partial charge in [0.1, 0.15) is 0 Å². The number of rotatable bonds is 5. The second kappa shape index (κ2) is 8.06. The van der Waals surface area contributed by atoms with Gasteiger partial charge in [0.25, 0.3) is 0 Å². The molecule has 2 aromatic carbocycles. The fourth-order valence-corrected chi connectivity index (χ4v) is 2.40. The van der Waals surface area contributed by atoms with Crippen LogP contribution in [-0.2, 0) is 9.53 Å². The maximum atomic E-state index is 12.3. The number of esters is 1. The molecule has 24 heavy (non-hydrogen) atoms. The molecule has 3 nitrogen and oxygen atoms in total. The van der Waals surface area contributed by atoms with E-state index in [0.717, 1.165) is 21.2 Å². The van der Waals surface area contributed by atoms with E-state index in [9.17, 15) is 9.59 Å². The first kappa shape index (κ1) is 18.1. The molecule has 2 aromatic rings. The standard InChI is InChI=1S/C20H19BrO3/c1-13-4-8-17(12-14(13)2)20(23)15(3)24-19(22)11-7-16-5-9-18(21)10-6-16/h4-12,15H,1-3H3/b11-7+/t15-/m1/s1. The molecule has 0 heterocycles. The van der Waals surface area contributed by atoms with Crippen LogP contribution in [0.4, 0.5) is 0 Å². The number of benzene rings is 2. The number of carbonyl (C=O) groups is 2. The van der Waals surface area contributed by atoms with E-state index in [2.05, 4.69) is 15.9 Å². The van der Waals surface area contributed by atoms with Crippen LogP contribution in [0.5, 0.6) is 0 Å². The molecule has 0 aliphatic carbocycles. The van der Waals surface area contributed by atoms with E-state index in [-0.39, 0.29) is 5.78 Å². The molecular weight excluding hydrogens is 368 g/mol. The lowest BCUT2D eigenvalue weighted by Crippen LogP contribution is -2.23. The van der Waals surface area contributed by atoms with Crippen molar-refractivity contribution in [2.24, 2.45) is 0 Å². The van der Waals surface area contributed by atoms with Gasteiger partial charge in [-0.05, 0) is 61.7 Å². The van der Waals surface area contributed by atoms with Crippen molar-refractivity contribution in [1.29, 1.82) is 0 Å². The van der Waals surface area contributed by atoms with E-state index >= 15 is 0 Å². The molecule has 2 rings (SSSR count). The van der Waals surface area contributed by atoms with Gasteiger partial charge in [-0.1, -0.05) is 40.2 Å². The summed E-state index contributed by atoms with van der Waals surface area (Å²) in [6, 6.07) is 13.0. The Labute approximate surface area is 150 Å². The Kier molecular flexibility index (Phi) is 6.10. The van der Waals surface area contributed by atoms with Crippen molar-refractivity contribution >= 4 is 33.8 Å². The lowest BCUT2D eigenvalue weighted by Gasteiger charge is -2.12. The average molecular weight is 387 g/mol. The monoisotopic (exact) mass is 386 g/mol. The zero-order chi connectivity index (χ0) is 17.7. The second-order valence-electron chi connectivity index (χ2n) is 5.63. The fraction of sp³-hybridized carbons (Fsp3) is 0.200. The molecule has 0 aliphatic rings. The lowest BCUT2D eigenvalue weighted by atomic mass is 10.0. The van der Waals surface area contributed by atoms with Crippen molar-refractivity contribution in [2.45, 2.75) is 26.9 Å². The number of hydrogen-bond donors (Lipinski definition) is 0. The highest BCUT2D eigenvalue weighted by Gasteiger charge is 2.18. The molecule has 0 aliphatic heterocycles. The SMILES string of the molecule is Cc1ccc(C(=O)[C@@H](C)OC(=O)/C=C/c2ccc(Br)cc2)cc1C. The Hall–Kier alpha value is -2.20. The first-order chi connectivity index (χ1) is 11.4. The third kappa shape index (κ3) is 4.90. The van der Waals surface area contributed by atoms with E-state index in [1.54, 1.807) is 19.1 Å². The first-order valence-corrected chi connectivity index (χ1v) is 8.42. The molecular formula is C20H19BrO3. The van der Waals surface area contributed by atoms with Crippen LogP contribution in [0.2, 0.25) is 0 Å². The molecule has 0 fully saturated rings. The number of ether oxygens (including phenoxy) is 1. The number of hydrogen-bond acceptors (Lipinski definition) is 3. The van der Waals surface area contributed by atoms with Crippen molar-refractivity contribution in [1.82, 2.24) is 0 Å². The largest absolute Gasteiger partial charge is 0.451 e. The number of ketones is 1. The minimum Gasteiger partial charge on any atom is -0.451 e. The van der Waals surface area contributed by atoms with Crippen LogP contribution in [0.15, 0.2) is 53.0 Å². The van der Waals surface area contributed by atoms with Gasteiger partial charge < -0.3 is 4.74 Å². The Balaban J connectivity index is 1.98. The Morgan fingerprint density at radius 2 is 1.71 bits per heavy atom. The van der Waals surface area contributed by atoms with Gasteiger partial charge in [0.2, 0.25) is 5.78 Å². The van der Waals surface area contributed by atoms with Crippen molar-refractivity contribution < 1.29 is 14.3 Å². The Morgan fingerprint density at radius 1 is 1.04 bits per heavy atom. The van der Waals surface area contributed by atoms with E-state index in [1.807, 2.05) is 50.2 Å². The summed E-state index contributed by atoms with van der Waals surface area (Å²) in [4.78, 5) is 24.2. The average Bonchev–Trinajstić information content (AvgIpc) is 2.56. The van der Waals surface area contributed by atoms with Crippen LogP contribution >= 0.6 is 15.9 Å². The highest BCUT2D eigenvalue weighted by molar-refractivity contribution is 9.10. The van der Waals surface area contributed by atoms with Crippen LogP contribution in [0.3, 0.4) is 0 Å². The molecule has 0 aromatic heterocycles. The molecule has 0 saturated heterocycles. The molecule has 4 heteroatoms. The third-order valence-corrected chi connectivity index (χ3v) is 4.26. The molecule has 0 amide bonds. The molecule has 0 spiro atoms. The number of halogens is 1. The molecule has 0 radical (unpaired) electrons. The van der Waals surface area contributed by atoms with Crippen molar-refractivity contribution in [2.75, 3.05) is 0 Å². The van der Waals surface area contributed by atoms with Gasteiger partial charge in [-0.15, -0.1) is 0 Å². The van der Waals surface area contributed by atoms with E-state index in [1.165, 1.54) is 6.08 Å². The quantitative estimate of drug-likeness (QED) is 0.417. The van der Waals surface area contributed by atoms with Gasteiger partial charge in [0.05, 0.1) is 0 Å². The molecule has 0 bridgehead atoms. The second-order valence-corrected chi connectivity index (χ2v) is 6.54.